The first-order valence-electron chi connectivity index (χ1n) is 8.66. The van der Waals surface area contributed by atoms with Gasteiger partial charge in [-0.2, -0.15) is 0 Å². The SMILES string of the molecule is C[C@]12C(=O)c3ccccc3NC(=O)[C@H]1[C@H]2C(=O)NCCc1ccccn1. The Labute approximate surface area is 151 Å². The van der Waals surface area contributed by atoms with Crippen molar-refractivity contribution in [1.82, 2.24) is 10.3 Å². The zero-order chi connectivity index (χ0) is 18.3. The van der Waals surface area contributed by atoms with E-state index in [0.717, 1.165) is 5.69 Å². The number of rotatable bonds is 4. The van der Waals surface area contributed by atoms with E-state index in [1.165, 1.54) is 0 Å². The summed E-state index contributed by atoms with van der Waals surface area (Å²) in [5.41, 5.74) is 0.887. The first-order valence-corrected chi connectivity index (χ1v) is 8.66. The molecule has 4 rings (SSSR count). The number of carbonyl (C=O) groups is 3. The van der Waals surface area contributed by atoms with Gasteiger partial charge >= 0.3 is 0 Å². The van der Waals surface area contributed by atoms with Gasteiger partial charge in [-0.1, -0.05) is 25.1 Å². The molecule has 0 unspecified atom stereocenters. The molecule has 6 nitrogen and oxygen atoms in total. The summed E-state index contributed by atoms with van der Waals surface area (Å²) in [6, 6.07) is 12.6. The van der Waals surface area contributed by atoms with Crippen molar-refractivity contribution in [3.8, 4) is 0 Å². The fourth-order valence-electron chi connectivity index (χ4n) is 3.90. The molecule has 2 N–H and O–H groups in total. The van der Waals surface area contributed by atoms with Gasteiger partial charge in [-0.3, -0.25) is 19.4 Å². The number of carbonyl (C=O) groups excluding carboxylic acids is 3. The number of pyridine rings is 1. The second-order valence-corrected chi connectivity index (χ2v) is 6.96. The molecule has 1 saturated carbocycles. The van der Waals surface area contributed by atoms with Crippen molar-refractivity contribution in [3.63, 3.8) is 0 Å². The summed E-state index contributed by atoms with van der Waals surface area (Å²) >= 11 is 0. The van der Waals surface area contributed by atoms with Crippen LogP contribution in [0.5, 0.6) is 0 Å². The molecular weight excluding hydrogens is 330 g/mol. The Balaban J connectivity index is 1.48. The van der Waals surface area contributed by atoms with Gasteiger partial charge in [0.25, 0.3) is 0 Å². The molecule has 1 aliphatic carbocycles. The van der Waals surface area contributed by atoms with Crippen molar-refractivity contribution in [1.29, 1.82) is 0 Å². The summed E-state index contributed by atoms with van der Waals surface area (Å²) in [4.78, 5) is 42.3. The summed E-state index contributed by atoms with van der Waals surface area (Å²) in [6.07, 6.45) is 2.31. The van der Waals surface area contributed by atoms with Gasteiger partial charge in [0.15, 0.2) is 5.78 Å². The molecule has 0 radical (unpaired) electrons. The van der Waals surface area contributed by atoms with Crippen LogP contribution in [0.2, 0.25) is 0 Å². The number of ketones is 1. The lowest BCUT2D eigenvalue weighted by molar-refractivity contribution is -0.125. The van der Waals surface area contributed by atoms with E-state index in [-0.39, 0.29) is 17.6 Å². The third kappa shape index (κ3) is 2.49. The monoisotopic (exact) mass is 349 g/mol. The number of hydrogen-bond acceptors (Lipinski definition) is 4. The normalized spacial score (nSPS) is 26.2. The lowest BCUT2D eigenvalue weighted by Crippen LogP contribution is -2.31. The van der Waals surface area contributed by atoms with Gasteiger partial charge in [-0.15, -0.1) is 0 Å². The Hall–Kier alpha value is -3.02. The highest BCUT2D eigenvalue weighted by molar-refractivity contribution is 6.19. The number of anilines is 1. The molecule has 26 heavy (non-hydrogen) atoms. The number of nitrogens with zero attached hydrogens (tertiary/aromatic N) is 1. The number of benzene rings is 1. The molecule has 0 saturated heterocycles. The highest BCUT2D eigenvalue weighted by atomic mass is 16.2. The molecule has 0 spiro atoms. The number of nitrogens with one attached hydrogen (secondary N) is 2. The average molecular weight is 349 g/mol. The summed E-state index contributed by atoms with van der Waals surface area (Å²) < 4.78 is 0. The molecule has 3 atom stereocenters. The molecule has 6 heteroatoms. The average Bonchev–Trinajstić information content (AvgIpc) is 3.30. The molecule has 1 aromatic heterocycles. The zero-order valence-corrected chi connectivity index (χ0v) is 14.4. The highest BCUT2D eigenvalue weighted by Gasteiger charge is 2.73. The van der Waals surface area contributed by atoms with E-state index < -0.39 is 17.3 Å². The number of fused-ring (bicyclic) bond motifs is 2. The van der Waals surface area contributed by atoms with Crippen molar-refractivity contribution in [2.24, 2.45) is 17.3 Å². The van der Waals surface area contributed by atoms with Crippen LogP contribution in [0.15, 0.2) is 48.7 Å². The summed E-state index contributed by atoms with van der Waals surface area (Å²) in [7, 11) is 0. The van der Waals surface area contributed by atoms with Crippen molar-refractivity contribution in [2.45, 2.75) is 13.3 Å². The molecule has 1 aromatic carbocycles. The van der Waals surface area contributed by atoms with Gasteiger partial charge in [0.05, 0.1) is 22.9 Å². The lowest BCUT2D eigenvalue weighted by atomic mass is 9.92. The van der Waals surface area contributed by atoms with Gasteiger partial charge in [-0.25, -0.2) is 0 Å². The second kappa shape index (κ2) is 6.05. The van der Waals surface area contributed by atoms with Crippen LogP contribution in [-0.2, 0) is 16.0 Å². The number of aromatic nitrogens is 1. The predicted octanol–water partition coefficient (Wildman–Crippen LogP) is 1.83. The van der Waals surface area contributed by atoms with Crippen LogP contribution in [-0.4, -0.2) is 29.1 Å². The Kier molecular flexibility index (Phi) is 3.83. The predicted molar refractivity (Wildman–Crippen MR) is 95.4 cm³/mol. The number of amides is 2. The molecule has 0 bridgehead atoms. The number of Topliss-reactive ketones (excluding diaryl/α,β-unsaturated/α-hetero) is 1. The van der Waals surface area contributed by atoms with Crippen LogP contribution < -0.4 is 10.6 Å². The van der Waals surface area contributed by atoms with Crippen molar-refractivity contribution < 1.29 is 14.4 Å². The highest BCUT2D eigenvalue weighted by Crippen LogP contribution is 2.62. The third-order valence-corrected chi connectivity index (χ3v) is 5.41. The van der Waals surface area contributed by atoms with Crippen LogP contribution >= 0.6 is 0 Å². The number of hydrogen-bond donors (Lipinski definition) is 2. The standard InChI is InChI=1S/C20H19N3O3/c1-20-15(18(25)22-11-9-12-6-4-5-10-21-12)16(20)19(26)23-14-8-3-2-7-13(14)17(20)24/h2-8,10,15-16H,9,11H2,1H3,(H,22,25)(H,23,26)/t15-,16+,20+/m0/s1. The topological polar surface area (TPSA) is 88.2 Å². The van der Waals surface area contributed by atoms with E-state index in [1.807, 2.05) is 18.2 Å². The van der Waals surface area contributed by atoms with E-state index in [0.29, 0.717) is 24.2 Å². The maximum absolute atomic E-state index is 13.0. The quantitative estimate of drug-likeness (QED) is 0.881. The minimum Gasteiger partial charge on any atom is -0.355 e. The van der Waals surface area contributed by atoms with Crippen LogP contribution in [0.3, 0.4) is 0 Å². The van der Waals surface area contributed by atoms with Gasteiger partial charge in [-0.05, 0) is 24.3 Å². The zero-order valence-electron chi connectivity index (χ0n) is 14.4. The van der Waals surface area contributed by atoms with Gasteiger partial charge in [0.2, 0.25) is 11.8 Å². The van der Waals surface area contributed by atoms with E-state index in [9.17, 15) is 14.4 Å². The van der Waals surface area contributed by atoms with Gasteiger partial charge in [0.1, 0.15) is 0 Å². The first-order chi connectivity index (χ1) is 12.5. The van der Waals surface area contributed by atoms with Crippen LogP contribution in [0.25, 0.3) is 0 Å². The van der Waals surface area contributed by atoms with Gasteiger partial charge < -0.3 is 10.6 Å². The van der Waals surface area contributed by atoms with Crippen LogP contribution in [0.1, 0.15) is 23.0 Å². The smallest absolute Gasteiger partial charge is 0.229 e. The minimum absolute atomic E-state index is 0.152. The molecule has 2 amide bonds. The summed E-state index contributed by atoms with van der Waals surface area (Å²) in [5.74, 6) is -1.93. The third-order valence-electron chi connectivity index (χ3n) is 5.41. The Morgan fingerprint density at radius 2 is 1.96 bits per heavy atom. The largest absolute Gasteiger partial charge is 0.355 e. The fraction of sp³-hybridized carbons (Fsp3) is 0.300. The second-order valence-electron chi connectivity index (χ2n) is 6.96. The van der Waals surface area contributed by atoms with Crippen LogP contribution in [0, 0.1) is 17.3 Å². The van der Waals surface area contributed by atoms with E-state index in [1.54, 1.807) is 37.4 Å². The maximum Gasteiger partial charge on any atom is 0.229 e. The molecule has 2 aliphatic rings. The van der Waals surface area contributed by atoms with Crippen LogP contribution in [0.4, 0.5) is 5.69 Å². The molecule has 1 aliphatic heterocycles. The minimum atomic E-state index is -0.980. The Bertz CT molecular complexity index is 896. The van der Waals surface area contributed by atoms with Gasteiger partial charge in [0, 0.05) is 30.4 Å². The van der Waals surface area contributed by atoms with E-state index >= 15 is 0 Å². The first kappa shape index (κ1) is 16.4. The summed E-state index contributed by atoms with van der Waals surface area (Å²) in [6.45, 7) is 2.13. The van der Waals surface area contributed by atoms with E-state index in [2.05, 4.69) is 15.6 Å². The molecular formula is C20H19N3O3. The van der Waals surface area contributed by atoms with E-state index in [4.69, 9.17) is 0 Å². The van der Waals surface area contributed by atoms with Crippen molar-refractivity contribution in [2.75, 3.05) is 11.9 Å². The molecule has 2 heterocycles. The maximum atomic E-state index is 13.0. The number of para-hydroxylation sites is 1. The Morgan fingerprint density at radius 1 is 1.19 bits per heavy atom. The molecule has 132 valence electrons. The van der Waals surface area contributed by atoms with Crippen molar-refractivity contribution in [3.05, 3.63) is 59.9 Å². The fourth-order valence-corrected chi connectivity index (χ4v) is 3.90. The lowest BCUT2D eigenvalue weighted by Gasteiger charge is -2.12. The summed E-state index contributed by atoms with van der Waals surface area (Å²) in [5, 5.41) is 5.64. The molecule has 2 aromatic rings. The Morgan fingerprint density at radius 3 is 2.73 bits per heavy atom. The molecule has 1 fully saturated rings. The van der Waals surface area contributed by atoms with Crippen molar-refractivity contribution >= 4 is 23.3 Å².